The smallest absolute Gasteiger partial charge is 0.338 e. The summed E-state index contributed by atoms with van der Waals surface area (Å²) < 4.78 is 4.92. The van der Waals surface area contributed by atoms with Crippen LogP contribution in [0.15, 0.2) is 18.2 Å². The predicted octanol–water partition coefficient (Wildman–Crippen LogP) is 2.57. The molecule has 1 aromatic carbocycles. The average molecular weight is 207 g/mol. The molecule has 3 heteroatoms. The quantitative estimate of drug-likeness (QED) is 0.612. The van der Waals surface area contributed by atoms with E-state index in [4.69, 9.17) is 10.5 Å². The molecule has 0 unspecified atom stereocenters. The van der Waals surface area contributed by atoms with Gasteiger partial charge in [-0.05, 0) is 36.6 Å². The van der Waals surface area contributed by atoms with Crippen LogP contribution in [0.4, 0.5) is 5.69 Å². The molecule has 0 saturated carbocycles. The zero-order chi connectivity index (χ0) is 11.4. The largest absolute Gasteiger partial charge is 0.462 e. The Kier molecular flexibility index (Phi) is 3.72. The van der Waals surface area contributed by atoms with Crippen LogP contribution in [0, 0.1) is 0 Å². The van der Waals surface area contributed by atoms with Gasteiger partial charge >= 0.3 is 5.97 Å². The maximum atomic E-state index is 11.5. The van der Waals surface area contributed by atoms with Crippen molar-refractivity contribution in [2.45, 2.75) is 26.7 Å². The van der Waals surface area contributed by atoms with Gasteiger partial charge in [0.1, 0.15) is 0 Å². The predicted molar refractivity (Wildman–Crippen MR) is 60.9 cm³/mol. The topological polar surface area (TPSA) is 52.3 Å². The first-order chi connectivity index (χ1) is 7.06. The summed E-state index contributed by atoms with van der Waals surface area (Å²) in [7, 11) is 0. The van der Waals surface area contributed by atoms with Crippen LogP contribution in [-0.2, 0) is 4.74 Å². The summed E-state index contributed by atoms with van der Waals surface area (Å²) in [5.74, 6) is 0.0128. The number of hydrogen-bond donors (Lipinski definition) is 1. The van der Waals surface area contributed by atoms with E-state index in [0.29, 0.717) is 18.1 Å². The number of ether oxygens (including phenoxy) is 1. The highest BCUT2D eigenvalue weighted by atomic mass is 16.5. The number of carbonyl (C=O) groups is 1. The van der Waals surface area contributed by atoms with E-state index in [9.17, 15) is 4.79 Å². The number of hydrogen-bond acceptors (Lipinski definition) is 3. The monoisotopic (exact) mass is 207 g/mol. The van der Waals surface area contributed by atoms with Crippen LogP contribution in [0.5, 0.6) is 0 Å². The molecule has 2 N–H and O–H groups in total. The summed E-state index contributed by atoms with van der Waals surface area (Å²) in [4.78, 5) is 11.5. The zero-order valence-electron chi connectivity index (χ0n) is 9.41. The summed E-state index contributed by atoms with van der Waals surface area (Å²) in [6.07, 6.45) is 0. The van der Waals surface area contributed by atoms with Gasteiger partial charge < -0.3 is 10.5 Å². The third kappa shape index (κ3) is 2.72. The molecule has 0 saturated heterocycles. The Morgan fingerprint density at radius 1 is 1.47 bits per heavy atom. The highest BCUT2D eigenvalue weighted by Gasteiger charge is 2.10. The summed E-state index contributed by atoms with van der Waals surface area (Å²) in [5, 5.41) is 0. The molecule has 0 spiro atoms. The highest BCUT2D eigenvalue weighted by molar-refractivity contribution is 5.90. The lowest BCUT2D eigenvalue weighted by Crippen LogP contribution is -2.06. The third-order valence-corrected chi connectivity index (χ3v) is 2.22. The molecular formula is C12H17NO2. The molecular weight excluding hydrogens is 190 g/mol. The fourth-order valence-electron chi connectivity index (χ4n) is 1.42. The summed E-state index contributed by atoms with van der Waals surface area (Å²) in [6, 6.07) is 5.25. The van der Waals surface area contributed by atoms with Crippen LogP contribution < -0.4 is 5.73 Å². The number of carbonyl (C=O) groups excluding carboxylic acids is 1. The lowest BCUT2D eigenvalue weighted by molar-refractivity contribution is 0.0526. The van der Waals surface area contributed by atoms with E-state index in [2.05, 4.69) is 0 Å². The van der Waals surface area contributed by atoms with Crippen molar-refractivity contribution in [3.8, 4) is 0 Å². The fourth-order valence-corrected chi connectivity index (χ4v) is 1.42. The number of anilines is 1. The van der Waals surface area contributed by atoms with Gasteiger partial charge in [-0.25, -0.2) is 4.79 Å². The number of nitrogen functional groups attached to an aromatic ring is 1. The van der Waals surface area contributed by atoms with Crippen molar-refractivity contribution in [2.75, 3.05) is 12.3 Å². The van der Waals surface area contributed by atoms with Crippen LogP contribution in [-0.4, -0.2) is 12.6 Å². The molecule has 1 aromatic rings. The van der Waals surface area contributed by atoms with Gasteiger partial charge in [0, 0.05) is 5.69 Å². The van der Waals surface area contributed by atoms with Gasteiger partial charge in [0.25, 0.3) is 0 Å². The molecule has 0 fully saturated rings. The number of benzene rings is 1. The van der Waals surface area contributed by atoms with Gasteiger partial charge in [-0.1, -0.05) is 13.8 Å². The van der Waals surface area contributed by atoms with Crippen LogP contribution >= 0.6 is 0 Å². The van der Waals surface area contributed by atoms with E-state index >= 15 is 0 Å². The van der Waals surface area contributed by atoms with E-state index in [1.165, 1.54) is 0 Å². The number of rotatable bonds is 3. The first-order valence-electron chi connectivity index (χ1n) is 5.12. The average Bonchev–Trinajstić information content (AvgIpc) is 2.18. The van der Waals surface area contributed by atoms with Crippen molar-refractivity contribution < 1.29 is 9.53 Å². The molecule has 15 heavy (non-hydrogen) atoms. The van der Waals surface area contributed by atoms with E-state index in [1.54, 1.807) is 25.1 Å². The Morgan fingerprint density at radius 3 is 2.67 bits per heavy atom. The second-order valence-electron chi connectivity index (χ2n) is 3.72. The van der Waals surface area contributed by atoms with E-state index in [1.807, 2.05) is 13.8 Å². The Morgan fingerprint density at radius 2 is 2.13 bits per heavy atom. The summed E-state index contributed by atoms with van der Waals surface area (Å²) in [5.41, 5.74) is 8.08. The van der Waals surface area contributed by atoms with Crippen LogP contribution in [0.2, 0.25) is 0 Å². The van der Waals surface area contributed by atoms with Crippen molar-refractivity contribution in [3.63, 3.8) is 0 Å². The number of nitrogens with two attached hydrogens (primary N) is 1. The summed E-state index contributed by atoms with van der Waals surface area (Å²) in [6.45, 7) is 6.26. The third-order valence-electron chi connectivity index (χ3n) is 2.22. The molecule has 0 radical (unpaired) electrons. The lowest BCUT2D eigenvalue weighted by Gasteiger charge is -2.10. The minimum Gasteiger partial charge on any atom is -0.462 e. The van der Waals surface area contributed by atoms with E-state index in [-0.39, 0.29) is 5.97 Å². The second-order valence-corrected chi connectivity index (χ2v) is 3.72. The Hall–Kier alpha value is -1.51. The molecule has 0 aliphatic carbocycles. The second kappa shape index (κ2) is 4.82. The van der Waals surface area contributed by atoms with Crippen molar-refractivity contribution in [1.82, 2.24) is 0 Å². The molecule has 82 valence electrons. The molecule has 0 heterocycles. The Labute approximate surface area is 90.2 Å². The molecule has 0 bridgehead atoms. The van der Waals surface area contributed by atoms with Gasteiger partial charge in [0.15, 0.2) is 0 Å². The fraction of sp³-hybridized carbons (Fsp3) is 0.417. The van der Waals surface area contributed by atoms with Gasteiger partial charge in [-0.3, -0.25) is 0 Å². The van der Waals surface area contributed by atoms with Crippen LogP contribution in [0.1, 0.15) is 42.6 Å². The normalized spacial score (nSPS) is 10.4. The minimum absolute atomic E-state index is 0.292. The minimum atomic E-state index is -0.292. The Bertz CT molecular complexity index is 359. The standard InChI is InChI=1S/C12H17NO2/c1-4-15-12(14)9-5-6-11(13)10(7-9)8(2)3/h5-8H,4,13H2,1-3H3. The molecule has 3 nitrogen and oxygen atoms in total. The van der Waals surface area contributed by atoms with Gasteiger partial charge in [-0.15, -0.1) is 0 Å². The van der Waals surface area contributed by atoms with Crippen LogP contribution in [0.25, 0.3) is 0 Å². The first kappa shape index (κ1) is 11.6. The molecule has 1 rings (SSSR count). The molecule has 0 amide bonds. The highest BCUT2D eigenvalue weighted by Crippen LogP contribution is 2.23. The maximum absolute atomic E-state index is 11.5. The number of esters is 1. The van der Waals surface area contributed by atoms with Crippen molar-refractivity contribution in [1.29, 1.82) is 0 Å². The molecule has 0 aliphatic rings. The van der Waals surface area contributed by atoms with Gasteiger partial charge in [-0.2, -0.15) is 0 Å². The zero-order valence-corrected chi connectivity index (χ0v) is 9.41. The SMILES string of the molecule is CCOC(=O)c1ccc(N)c(C(C)C)c1. The van der Waals surface area contributed by atoms with Gasteiger partial charge in [0.2, 0.25) is 0 Å². The molecule has 0 atom stereocenters. The summed E-state index contributed by atoms with van der Waals surface area (Å²) >= 11 is 0. The van der Waals surface area contributed by atoms with E-state index in [0.717, 1.165) is 11.3 Å². The first-order valence-corrected chi connectivity index (χ1v) is 5.12. The molecule has 0 aliphatic heterocycles. The van der Waals surface area contributed by atoms with Crippen molar-refractivity contribution in [2.24, 2.45) is 0 Å². The van der Waals surface area contributed by atoms with Gasteiger partial charge in [0.05, 0.1) is 12.2 Å². The van der Waals surface area contributed by atoms with Crippen molar-refractivity contribution >= 4 is 11.7 Å². The van der Waals surface area contributed by atoms with E-state index < -0.39 is 0 Å². The molecule has 0 aromatic heterocycles. The van der Waals surface area contributed by atoms with Crippen LogP contribution in [0.3, 0.4) is 0 Å². The lowest BCUT2D eigenvalue weighted by atomic mass is 9.99. The maximum Gasteiger partial charge on any atom is 0.338 e. The van der Waals surface area contributed by atoms with Crippen molar-refractivity contribution in [3.05, 3.63) is 29.3 Å². The Balaban J connectivity index is 3.02.